The van der Waals surface area contributed by atoms with Crippen LogP contribution in [0.5, 0.6) is 0 Å². The first-order valence-corrected chi connectivity index (χ1v) is 9.62. The van der Waals surface area contributed by atoms with Crippen molar-refractivity contribution in [2.24, 2.45) is 0 Å². The number of amides is 1. The first kappa shape index (κ1) is 19.3. The van der Waals surface area contributed by atoms with E-state index in [0.717, 1.165) is 38.8 Å². The van der Waals surface area contributed by atoms with E-state index in [0.29, 0.717) is 18.9 Å². The number of unbranched alkanes of at least 4 members (excludes halogenated alkanes) is 2. The van der Waals surface area contributed by atoms with Gasteiger partial charge in [-0.15, -0.1) is 0 Å². The predicted octanol–water partition coefficient (Wildman–Crippen LogP) is 5.16. The second-order valence-corrected chi connectivity index (χ2v) is 6.83. The van der Waals surface area contributed by atoms with Gasteiger partial charge in [0.2, 0.25) is 5.91 Å². The van der Waals surface area contributed by atoms with Crippen molar-refractivity contribution in [3.63, 3.8) is 0 Å². The van der Waals surface area contributed by atoms with E-state index in [2.05, 4.69) is 67.9 Å². The predicted molar refractivity (Wildman–Crippen MR) is 105 cm³/mol. The summed E-state index contributed by atoms with van der Waals surface area (Å²) in [6.07, 6.45) is 7.01. The Labute approximate surface area is 152 Å². The molecular formula is C22H32N2O. The van der Waals surface area contributed by atoms with E-state index in [1.54, 1.807) is 0 Å². The quantitative estimate of drug-likeness (QED) is 0.586. The minimum absolute atomic E-state index is 0.291. The maximum atomic E-state index is 12.6. The van der Waals surface area contributed by atoms with Crippen LogP contribution in [0.2, 0.25) is 0 Å². The monoisotopic (exact) mass is 340 g/mol. The molecule has 0 atom stereocenters. The Morgan fingerprint density at radius 2 is 1.80 bits per heavy atom. The lowest BCUT2D eigenvalue weighted by atomic mass is 10.1. The third-order valence-corrected chi connectivity index (χ3v) is 4.76. The van der Waals surface area contributed by atoms with Crippen LogP contribution in [0.4, 0.5) is 0 Å². The number of benzene rings is 1. The van der Waals surface area contributed by atoms with E-state index in [4.69, 9.17) is 0 Å². The number of aryl methyl sites for hydroxylation is 1. The van der Waals surface area contributed by atoms with Crippen LogP contribution in [-0.4, -0.2) is 21.9 Å². The molecule has 0 aliphatic heterocycles. The van der Waals surface area contributed by atoms with E-state index in [1.807, 2.05) is 4.90 Å². The molecule has 1 aromatic carbocycles. The number of nitrogens with zero attached hydrogens (tertiary/aromatic N) is 2. The van der Waals surface area contributed by atoms with Crippen LogP contribution < -0.4 is 0 Å². The summed E-state index contributed by atoms with van der Waals surface area (Å²) in [4.78, 5) is 14.6. The summed E-state index contributed by atoms with van der Waals surface area (Å²) < 4.78 is 2.27. The lowest BCUT2D eigenvalue weighted by Gasteiger charge is -2.24. The topological polar surface area (TPSA) is 25.2 Å². The second-order valence-electron chi connectivity index (χ2n) is 6.83. The van der Waals surface area contributed by atoms with Crippen LogP contribution >= 0.6 is 0 Å². The highest BCUT2D eigenvalue weighted by Crippen LogP contribution is 2.15. The molecule has 0 fully saturated rings. The van der Waals surface area contributed by atoms with Crippen LogP contribution in [0.3, 0.4) is 0 Å². The van der Waals surface area contributed by atoms with E-state index in [1.165, 1.54) is 16.8 Å². The number of rotatable bonds is 10. The molecule has 1 aromatic heterocycles. The molecule has 0 bridgehead atoms. The van der Waals surface area contributed by atoms with Crippen LogP contribution in [-0.2, 0) is 17.9 Å². The Morgan fingerprint density at radius 3 is 2.52 bits per heavy atom. The molecule has 0 aliphatic carbocycles. The van der Waals surface area contributed by atoms with Gasteiger partial charge in [-0.25, -0.2) is 0 Å². The number of hydrogen-bond acceptors (Lipinski definition) is 1. The highest BCUT2D eigenvalue weighted by molar-refractivity contribution is 5.76. The maximum Gasteiger partial charge on any atom is 0.222 e. The third kappa shape index (κ3) is 5.77. The van der Waals surface area contributed by atoms with Crippen LogP contribution in [0.15, 0.2) is 42.6 Å². The fourth-order valence-electron chi connectivity index (χ4n) is 3.04. The van der Waals surface area contributed by atoms with Crippen LogP contribution in [0, 0.1) is 6.92 Å². The van der Waals surface area contributed by atoms with Gasteiger partial charge in [-0.2, -0.15) is 0 Å². The molecule has 0 radical (unpaired) electrons. The zero-order valence-electron chi connectivity index (χ0n) is 16.0. The molecule has 1 heterocycles. The first-order valence-electron chi connectivity index (χ1n) is 9.62. The Hall–Kier alpha value is -2.03. The van der Waals surface area contributed by atoms with E-state index >= 15 is 0 Å². The third-order valence-electron chi connectivity index (χ3n) is 4.76. The molecule has 0 saturated heterocycles. The van der Waals surface area contributed by atoms with E-state index < -0.39 is 0 Å². The minimum Gasteiger partial charge on any atom is -0.345 e. The van der Waals surface area contributed by atoms with Crippen LogP contribution in [0.1, 0.15) is 62.8 Å². The largest absolute Gasteiger partial charge is 0.345 e. The van der Waals surface area contributed by atoms with Crippen molar-refractivity contribution in [3.05, 3.63) is 59.4 Å². The van der Waals surface area contributed by atoms with Crippen molar-refractivity contribution in [3.8, 4) is 0 Å². The van der Waals surface area contributed by atoms with Gasteiger partial charge in [0.1, 0.15) is 0 Å². The Morgan fingerprint density at radius 1 is 1.04 bits per heavy atom. The van der Waals surface area contributed by atoms with Crippen molar-refractivity contribution >= 4 is 5.91 Å². The lowest BCUT2D eigenvalue weighted by molar-refractivity contribution is -0.132. The molecule has 3 nitrogen and oxygen atoms in total. The molecule has 136 valence electrons. The van der Waals surface area contributed by atoms with Crippen molar-refractivity contribution in [2.75, 3.05) is 6.54 Å². The molecule has 0 saturated carbocycles. The fraction of sp³-hybridized carbons (Fsp3) is 0.500. The van der Waals surface area contributed by atoms with Gasteiger partial charge in [-0.3, -0.25) is 4.79 Å². The zero-order chi connectivity index (χ0) is 18.1. The summed E-state index contributed by atoms with van der Waals surface area (Å²) in [5, 5.41) is 0. The van der Waals surface area contributed by atoms with Crippen molar-refractivity contribution in [1.29, 1.82) is 0 Å². The van der Waals surface area contributed by atoms with E-state index in [9.17, 15) is 4.79 Å². The SMILES string of the molecule is CCCCC(=O)N(CCCC)Cc1cccn1Cc1ccccc1C. The van der Waals surface area contributed by atoms with E-state index in [-0.39, 0.29) is 0 Å². The first-order chi connectivity index (χ1) is 12.2. The van der Waals surface area contributed by atoms with Crippen LogP contribution in [0.25, 0.3) is 0 Å². The van der Waals surface area contributed by atoms with Gasteiger partial charge in [0.05, 0.1) is 6.54 Å². The minimum atomic E-state index is 0.291. The Bertz CT molecular complexity index is 660. The lowest BCUT2D eigenvalue weighted by Crippen LogP contribution is -2.32. The van der Waals surface area contributed by atoms with Gasteiger partial charge in [-0.05, 0) is 43.0 Å². The fourth-order valence-corrected chi connectivity index (χ4v) is 3.04. The molecule has 0 N–H and O–H groups in total. The summed E-state index contributed by atoms with van der Waals surface area (Å²) >= 11 is 0. The van der Waals surface area contributed by atoms with Crippen molar-refractivity contribution < 1.29 is 4.79 Å². The molecule has 0 aliphatic rings. The molecule has 2 rings (SSSR count). The molecule has 25 heavy (non-hydrogen) atoms. The second kappa shape index (κ2) is 10.1. The molecule has 0 unspecified atom stereocenters. The molecular weight excluding hydrogens is 308 g/mol. The summed E-state index contributed by atoms with van der Waals surface area (Å²) in [5.41, 5.74) is 3.85. The highest BCUT2D eigenvalue weighted by atomic mass is 16.2. The number of carbonyl (C=O) groups is 1. The van der Waals surface area contributed by atoms with Crippen molar-refractivity contribution in [2.45, 2.75) is 66.0 Å². The Balaban J connectivity index is 2.10. The van der Waals surface area contributed by atoms with Gasteiger partial charge in [0.15, 0.2) is 0 Å². The molecule has 1 amide bonds. The van der Waals surface area contributed by atoms with Gasteiger partial charge in [0.25, 0.3) is 0 Å². The average Bonchev–Trinajstić information content (AvgIpc) is 3.05. The van der Waals surface area contributed by atoms with Gasteiger partial charge >= 0.3 is 0 Å². The van der Waals surface area contributed by atoms with Gasteiger partial charge in [-0.1, -0.05) is 51.0 Å². The number of hydrogen-bond donors (Lipinski definition) is 0. The summed E-state index contributed by atoms with van der Waals surface area (Å²) in [7, 11) is 0. The smallest absolute Gasteiger partial charge is 0.222 e. The number of carbonyl (C=O) groups excluding carboxylic acids is 1. The molecule has 3 heteroatoms. The highest BCUT2D eigenvalue weighted by Gasteiger charge is 2.15. The van der Waals surface area contributed by atoms with Gasteiger partial charge in [0, 0.05) is 31.4 Å². The maximum absolute atomic E-state index is 12.6. The standard InChI is InChI=1S/C22H32N2O/c1-4-6-14-22(25)24(15-7-5-2)18-21-13-10-16-23(21)17-20-12-9-8-11-19(20)3/h8-13,16H,4-7,14-15,17-18H2,1-3H3. The number of aromatic nitrogens is 1. The summed E-state index contributed by atoms with van der Waals surface area (Å²) in [5.74, 6) is 0.291. The van der Waals surface area contributed by atoms with Crippen molar-refractivity contribution in [1.82, 2.24) is 9.47 Å². The van der Waals surface area contributed by atoms with Gasteiger partial charge < -0.3 is 9.47 Å². The molecule has 0 spiro atoms. The summed E-state index contributed by atoms with van der Waals surface area (Å²) in [6.45, 7) is 8.89. The summed E-state index contributed by atoms with van der Waals surface area (Å²) in [6, 6.07) is 12.7. The molecule has 2 aromatic rings. The average molecular weight is 341 g/mol. The zero-order valence-corrected chi connectivity index (χ0v) is 16.0. The normalized spacial score (nSPS) is 10.8. The Kier molecular flexibility index (Phi) is 7.77.